The Bertz CT molecular complexity index is 934. The number of aliphatic hydroxyl groups is 1. The van der Waals surface area contributed by atoms with Crippen LogP contribution in [0.2, 0.25) is 0 Å². The smallest absolute Gasteiger partial charge is 0.305 e. The van der Waals surface area contributed by atoms with Crippen LogP contribution in [0.5, 0.6) is 0 Å². The van der Waals surface area contributed by atoms with E-state index in [0.29, 0.717) is 24.7 Å². The molecular weight excluding hydrogens is 547 g/mol. The highest BCUT2D eigenvalue weighted by Crippen LogP contribution is 2.69. The highest BCUT2D eigenvalue weighted by atomic mass is 19.1. The molecule has 0 aromatic heterocycles. The molecule has 3 aliphatic carbocycles. The third-order valence-electron chi connectivity index (χ3n) is 8.84. The van der Waals surface area contributed by atoms with Gasteiger partial charge in [-0.1, -0.05) is 66.2 Å². The molecule has 0 aliphatic heterocycles. The molecule has 0 aromatic carbocycles. The summed E-state index contributed by atoms with van der Waals surface area (Å²) in [5, 5.41) is 11.4. The fraction of sp³-hybridized carbons (Fsp3) is 0.722. The number of halogens is 1. The molecule has 0 saturated heterocycles. The van der Waals surface area contributed by atoms with Gasteiger partial charge in [-0.15, -0.1) is 13.2 Å². The lowest BCUT2D eigenvalue weighted by Gasteiger charge is -2.62. The molecule has 3 aliphatic rings. The fourth-order valence-corrected chi connectivity index (χ4v) is 7.48. The number of fused-ring (bicyclic) bond motifs is 3. The van der Waals surface area contributed by atoms with Crippen molar-refractivity contribution in [2.75, 3.05) is 0 Å². The molecule has 248 valence electrons. The minimum atomic E-state index is -1.95. The fourth-order valence-electron chi connectivity index (χ4n) is 7.48. The molecule has 6 nitrogen and oxygen atoms in total. The van der Waals surface area contributed by atoms with Crippen molar-refractivity contribution in [3.05, 3.63) is 37.0 Å². The Morgan fingerprint density at radius 2 is 1.60 bits per heavy atom. The molecule has 8 unspecified atom stereocenters. The van der Waals surface area contributed by atoms with E-state index in [1.54, 1.807) is 32.9 Å². The van der Waals surface area contributed by atoms with E-state index in [1.807, 2.05) is 41.5 Å². The van der Waals surface area contributed by atoms with Crippen LogP contribution in [0.25, 0.3) is 0 Å². The van der Waals surface area contributed by atoms with E-state index in [-0.39, 0.29) is 49.0 Å². The van der Waals surface area contributed by atoms with Crippen LogP contribution in [-0.4, -0.2) is 47.3 Å². The van der Waals surface area contributed by atoms with Gasteiger partial charge >= 0.3 is 5.97 Å². The number of allylic oxidation sites excluding steroid dienone is 4. The second-order valence-electron chi connectivity index (χ2n) is 12.4. The number of esters is 1. The lowest BCUT2D eigenvalue weighted by Crippen LogP contribution is -2.67. The third kappa shape index (κ3) is 10.1. The normalized spacial score (nSPS) is 35.0. The van der Waals surface area contributed by atoms with Gasteiger partial charge in [-0.2, -0.15) is 0 Å². The lowest BCUT2D eigenvalue weighted by molar-refractivity contribution is -0.218. The van der Waals surface area contributed by atoms with Gasteiger partial charge in [-0.25, -0.2) is 4.39 Å². The summed E-state index contributed by atoms with van der Waals surface area (Å²) >= 11 is 0. The van der Waals surface area contributed by atoms with Gasteiger partial charge in [0.25, 0.3) is 0 Å². The Kier molecular flexibility index (Phi) is 19.7. The van der Waals surface area contributed by atoms with Crippen molar-refractivity contribution in [1.29, 1.82) is 0 Å². The number of ketones is 1. The summed E-state index contributed by atoms with van der Waals surface area (Å²) in [4.78, 5) is 44.3. The number of carbonyl (C=O) groups excluding carboxylic acids is 4. The number of Topliss-reactive ketones (excluding diaryl/α,β-unsaturated/α-hetero) is 1. The van der Waals surface area contributed by atoms with Crippen molar-refractivity contribution < 1.29 is 33.4 Å². The van der Waals surface area contributed by atoms with Crippen LogP contribution in [0.15, 0.2) is 37.0 Å². The maximum Gasteiger partial charge on any atom is 0.305 e. The van der Waals surface area contributed by atoms with Gasteiger partial charge in [-0.3, -0.25) is 9.59 Å². The number of carbonyl (C=O) groups is 4. The van der Waals surface area contributed by atoms with E-state index in [1.165, 1.54) is 19.9 Å². The van der Waals surface area contributed by atoms with Crippen LogP contribution in [0.1, 0.15) is 115 Å². The molecule has 3 saturated carbocycles. The number of aldehydes is 2. The first-order chi connectivity index (χ1) is 20.0. The van der Waals surface area contributed by atoms with Crippen molar-refractivity contribution in [2.45, 2.75) is 133 Å². The van der Waals surface area contributed by atoms with Crippen LogP contribution in [0.4, 0.5) is 4.39 Å². The standard InChI is InChI=1S/C25H37FO5.C3H6O.2C3H6.C2H6/c1-6-21(30)31-22-16(3)11-19-18-8-7-17(9-10-27)24(5,12-15(2)14-28)25(18,26)20(29)13-23(19,22)4;1-3(2)4;2*1-3-2;1-2/h9-10,14-16,18-20,22,29H,6-8,11-13H2,1-5H3;1-2H3;2*3H,1H2,2H3;1-2H3/b17-9-;;;;/t15?,16?,18?,19?,20?,22-,23?,24?,25?;;;;/m1..../s1. The topological polar surface area (TPSA) is 97.7 Å². The zero-order valence-electron chi connectivity index (χ0n) is 28.9. The Balaban J connectivity index is 0. The molecule has 0 heterocycles. The van der Waals surface area contributed by atoms with Crippen molar-refractivity contribution in [3.8, 4) is 0 Å². The Hall–Kier alpha value is -2.41. The zero-order valence-corrected chi connectivity index (χ0v) is 28.9. The number of rotatable bonds is 6. The van der Waals surface area contributed by atoms with E-state index in [0.717, 1.165) is 12.7 Å². The van der Waals surface area contributed by atoms with Gasteiger partial charge in [0, 0.05) is 29.1 Å². The van der Waals surface area contributed by atoms with E-state index in [4.69, 9.17) is 4.74 Å². The number of aliphatic hydroxyl groups excluding tert-OH is 1. The quantitative estimate of drug-likeness (QED) is 0.141. The summed E-state index contributed by atoms with van der Waals surface area (Å²) in [5.41, 5.74) is -2.89. The van der Waals surface area contributed by atoms with E-state index < -0.39 is 34.4 Å². The average Bonchev–Trinajstić information content (AvgIpc) is 3.17. The average molecular weight is 609 g/mol. The molecule has 0 radical (unpaired) electrons. The summed E-state index contributed by atoms with van der Waals surface area (Å²) in [6.45, 7) is 26.9. The van der Waals surface area contributed by atoms with Crippen molar-refractivity contribution in [3.63, 3.8) is 0 Å². The van der Waals surface area contributed by atoms with Crippen LogP contribution in [0.3, 0.4) is 0 Å². The second-order valence-corrected chi connectivity index (χ2v) is 12.4. The molecule has 0 bridgehead atoms. The molecule has 0 aromatic rings. The van der Waals surface area contributed by atoms with Gasteiger partial charge < -0.3 is 19.4 Å². The van der Waals surface area contributed by atoms with Crippen LogP contribution in [0, 0.1) is 34.5 Å². The molecule has 7 heteroatoms. The van der Waals surface area contributed by atoms with Gasteiger partial charge in [0.1, 0.15) is 30.1 Å². The Labute approximate surface area is 261 Å². The highest BCUT2D eigenvalue weighted by Gasteiger charge is 2.71. The Morgan fingerprint density at radius 1 is 1.12 bits per heavy atom. The van der Waals surface area contributed by atoms with Gasteiger partial charge in [0.2, 0.25) is 0 Å². The zero-order chi connectivity index (χ0) is 34.2. The van der Waals surface area contributed by atoms with E-state index in [9.17, 15) is 24.3 Å². The molecular formula is C36H61FO6. The van der Waals surface area contributed by atoms with Crippen LogP contribution < -0.4 is 0 Å². The highest BCUT2D eigenvalue weighted by molar-refractivity contribution is 5.72. The number of hydrogen-bond acceptors (Lipinski definition) is 6. The molecule has 0 spiro atoms. The van der Waals surface area contributed by atoms with E-state index >= 15 is 4.39 Å². The number of alkyl halides is 1. The first-order valence-corrected chi connectivity index (χ1v) is 15.8. The lowest BCUT2D eigenvalue weighted by atomic mass is 9.45. The predicted octanol–water partition coefficient (Wildman–Crippen LogP) is 8.22. The van der Waals surface area contributed by atoms with Gasteiger partial charge in [0.05, 0.1) is 6.10 Å². The summed E-state index contributed by atoms with van der Waals surface area (Å²) in [6, 6.07) is 0. The SMILES string of the molecule is C=CC.C=CC.CC.CC(C)=O.CCC(=O)O[C@@H]1C(C)CC2C3CC/C(=C/C=O)C(C)(CC(C)C=O)C3(F)C(O)CC21C. The molecule has 9 atom stereocenters. The monoisotopic (exact) mass is 608 g/mol. The van der Waals surface area contributed by atoms with E-state index in [2.05, 4.69) is 13.2 Å². The number of hydrogen-bond donors (Lipinski definition) is 1. The predicted molar refractivity (Wildman–Crippen MR) is 174 cm³/mol. The van der Waals surface area contributed by atoms with Crippen LogP contribution in [-0.2, 0) is 23.9 Å². The van der Waals surface area contributed by atoms with Crippen molar-refractivity contribution in [1.82, 2.24) is 0 Å². The van der Waals surface area contributed by atoms with Crippen molar-refractivity contribution >= 4 is 24.3 Å². The van der Waals surface area contributed by atoms with Crippen molar-refractivity contribution in [2.24, 2.45) is 34.5 Å². The Morgan fingerprint density at radius 3 is 2.02 bits per heavy atom. The minimum absolute atomic E-state index is 0.0470. The minimum Gasteiger partial charge on any atom is -0.461 e. The van der Waals surface area contributed by atoms with Gasteiger partial charge in [0.15, 0.2) is 0 Å². The molecule has 1 N–H and O–H groups in total. The number of ether oxygens (including phenoxy) is 1. The largest absolute Gasteiger partial charge is 0.461 e. The maximum atomic E-state index is 17.3. The maximum absolute atomic E-state index is 17.3. The summed E-state index contributed by atoms with van der Waals surface area (Å²) < 4.78 is 23.1. The van der Waals surface area contributed by atoms with Crippen LogP contribution >= 0.6 is 0 Å². The summed E-state index contributed by atoms with van der Waals surface area (Å²) in [7, 11) is 0. The second kappa shape index (κ2) is 19.8. The summed E-state index contributed by atoms with van der Waals surface area (Å²) in [6.07, 6.45) is 7.33. The third-order valence-corrected chi connectivity index (χ3v) is 8.84. The molecule has 3 fully saturated rings. The summed E-state index contributed by atoms with van der Waals surface area (Å²) in [5.74, 6) is -0.898. The molecule has 3 rings (SSSR count). The first-order valence-electron chi connectivity index (χ1n) is 15.8. The van der Waals surface area contributed by atoms with Gasteiger partial charge in [-0.05, 0) is 77.7 Å². The molecule has 43 heavy (non-hydrogen) atoms. The first kappa shape index (κ1) is 42.7. The molecule has 0 amide bonds.